The van der Waals surface area contributed by atoms with Gasteiger partial charge in [0.2, 0.25) is 5.91 Å². The van der Waals surface area contributed by atoms with Gasteiger partial charge in [-0.1, -0.05) is 18.2 Å². The molecule has 2 aromatic carbocycles. The van der Waals surface area contributed by atoms with Crippen LogP contribution in [-0.4, -0.2) is 20.0 Å². The summed E-state index contributed by atoms with van der Waals surface area (Å²) < 4.78 is 13.9. The molecule has 3 rings (SSSR count). The van der Waals surface area contributed by atoms with Crippen LogP contribution in [0.4, 0.5) is 21.5 Å². The lowest BCUT2D eigenvalue weighted by Crippen LogP contribution is -2.23. The van der Waals surface area contributed by atoms with Gasteiger partial charge in [-0.25, -0.2) is 4.39 Å². The molecule has 2 N–H and O–H groups in total. The average Bonchev–Trinajstić information content (AvgIpc) is 2.81. The summed E-state index contributed by atoms with van der Waals surface area (Å²) in [6.45, 7) is 0. The van der Waals surface area contributed by atoms with Crippen molar-refractivity contribution in [1.82, 2.24) is 5.32 Å². The zero-order chi connectivity index (χ0) is 15.0. The van der Waals surface area contributed by atoms with Crippen LogP contribution in [0, 0.1) is 5.82 Å². The van der Waals surface area contributed by atoms with Crippen LogP contribution >= 0.6 is 0 Å². The highest BCUT2D eigenvalue weighted by molar-refractivity contribution is 6.03. The minimum absolute atomic E-state index is 0.0711. The van der Waals surface area contributed by atoms with Crippen molar-refractivity contribution in [2.24, 2.45) is 0 Å². The van der Waals surface area contributed by atoms with Gasteiger partial charge in [0.1, 0.15) is 11.9 Å². The molecule has 0 aromatic heterocycles. The molecule has 0 radical (unpaired) electrons. The van der Waals surface area contributed by atoms with E-state index in [0.29, 0.717) is 5.69 Å². The van der Waals surface area contributed by atoms with Crippen LogP contribution in [0.1, 0.15) is 11.6 Å². The third-order valence-electron chi connectivity index (χ3n) is 3.76. The largest absolute Gasteiger partial charge is 0.342 e. The maximum Gasteiger partial charge on any atom is 0.246 e. The lowest BCUT2D eigenvalue weighted by atomic mass is 10.1. The molecule has 1 amide bonds. The predicted octanol–water partition coefficient (Wildman–Crippen LogP) is 2.81. The minimum Gasteiger partial charge on any atom is -0.342 e. The second kappa shape index (κ2) is 5.18. The summed E-state index contributed by atoms with van der Waals surface area (Å²) in [5.41, 5.74) is 2.98. The number of hydrogen-bond donors (Lipinski definition) is 2. The number of fused-ring (bicyclic) bond motifs is 1. The van der Waals surface area contributed by atoms with E-state index >= 15 is 0 Å². The fourth-order valence-electron chi connectivity index (χ4n) is 2.61. The van der Waals surface area contributed by atoms with Gasteiger partial charge in [0.15, 0.2) is 0 Å². The van der Waals surface area contributed by atoms with E-state index in [0.717, 1.165) is 16.9 Å². The quantitative estimate of drug-likeness (QED) is 0.911. The fourth-order valence-corrected chi connectivity index (χ4v) is 2.61. The van der Waals surface area contributed by atoms with E-state index in [1.165, 1.54) is 6.07 Å². The van der Waals surface area contributed by atoms with Crippen LogP contribution in [0.15, 0.2) is 42.5 Å². The Morgan fingerprint density at radius 1 is 1.24 bits per heavy atom. The number of carbonyl (C=O) groups is 1. The Balaban J connectivity index is 1.97. The van der Waals surface area contributed by atoms with E-state index in [1.807, 2.05) is 18.2 Å². The first-order valence-corrected chi connectivity index (χ1v) is 6.72. The summed E-state index contributed by atoms with van der Waals surface area (Å²) in [6, 6.07) is 11.9. The molecule has 4 nitrogen and oxygen atoms in total. The van der Waals surface area contributed by atoms with Crippen LogP contribution in [0.3, 0.4) is 0 Å². The maximum atomic E-state index is 13.9. The van der Waals surface area contributed by atoms with Gasteiger partial charge < -0.3 is 15.5 Å². The van der Waals surface area contributed by atoms with Gasteiger partial charge in [0.05, 0.1) is 5.69 Å². The topological polar surface area (TPSA) is 44.4 Å². The van der Waals surface area contributed by atoms with Crippen molar-refractivity contribution in [3.63, 3.8) is 0 Å². The van der Waals surface area contributed by atoms with Crippen molar-refractivity contribution in [3.05, 3.63) is 53.8 Å². The second-order valence-electron chi connectivity index (χ2n) is 4.99. The molecule has 0 bridgehead atoms. The summed E-state index contributed by atoms with van der Waals surface area (Å²) in [7, 11) is 3.55. The number of rotatable bonds is 3. The Morgan fingerprint density at radius 2 is 2.00 bits per heavy atom. The molecular weight excluding hydrogens is 269 g/mol. The number of nitrogens with one attached hydrogen (secondary N) is 2. The number of halogens is 1. The van der Waals surface area contributed by atoms with Crippen molar-refractivity contribution in [3.8, 4) is 0 Å². The Bertz CT molecular complexity index is 702. The zero-order valence-electron chi connectivity index (χ0n) is 11.9. The van der Waals surface area contributed by atoms with E-state index in [9.17, 15) is 9.18 Å². The number of benzene rings is 2. The van der Waals surface area contributed by atoms with E-state index in [4.69, 9.17) is 0 Å². The molecule has 0 saturated heterocycles. The molecule has 0 aliphatic carbocycles. The molecule has 2 aromatic rings. The molecule has 0 fully saturated rings. The number of nitrogens with zero attached hydrogens (tertiary/aromatic N) is 1. The fraction of sp³-hybridized carbons (Fsp3) is 0.188. The molecule has 1 unspecified atom stereocenters. The molecule has 1 atom stereocenters. The third kappa shape index (κ3) is 2.25. The van der Waals surface area contributed by atoms with Gasteiger partial charge in [-0.05, 0) is 31.3 Å². The van der Waals surface area contributed by atoms with Crippen LogP contribution in [0.25, 0.3) is 0 Å². The Kier molecular flexibility index (Phi) is 3.35. The van der Waals surface area contributed by atoms with Gasteiger partial charge in [-0.2, -0.15) is 0 Å². The van der Waals surface area contributed by atoms with Crippen LogP contribution < -0.4 is 15.5 Å². The van der Waals surface area contributed by atoms with Crippen molar-refractivity contribution in [1.29, 1.82) is 0 Å². The lowest BCUT2D eigenvalue weighted by Gasteiger charge is -2.21. The van der Waals surface area contributed by atoms with Crippen molar-refractivity contribution >= 4 is 23.0 Å². The smallest absolute Gasteiger partial charge is 0.246 e. The standard InChI is InChI=1S/C16H16FN3O/c1-18-15-11-8-7-10(9-13(11)19-16(15)21)20(2)14-6-4-3-5-12(14)17/h3-9,15,18H,1-2H3,(H,19,21). The SMILES string of the molecule is CNC1C(=O)Nc2cc(N(C)c3ccccc3F)ccc21. The van der Waals surface area contributed by atoms with Gasteiger partial charge >= 0.3 is 0 Å². The molecule has 1 aliphatic rings. The van der Waals surface area contributed by atoms with Gasteiger partial charge in [-0.3, -0.25) is 4.79 Å². The summed E-state index contributed by atoms with van der Waals surface area (Å²) in [4.78, 5) is 13.6. The first-order chi connectivity index (χ1) is 10.1. The predicted molar refractivity (Wildman–Crippen MR) is 81.3 cm³/mol. The van der Waals surface area contributed by atoms with Crippen molar-refractivity contribution in [2.45, 2.75) is 6.04 Å². The monoisotopic (exact) mass is 285 g/mol. The van der Waals surface area contributed by atoms with Gasteiger partial charge in [0.25, 0.3) is 0 Å². The van der Waals surface area contributed by atoms with Gasteiger partial charge in [0, 0.05) is 24.0 Å². The molecule has 1 heterocycles. The highest BCUT2D eigenvalue weighted by atomic mass is 19.1. The minimum atomic E-state index is -0.326. The molecule has 0 spiro atoms. The highest BCUT2D eigenvalue weighted by Gasteiger charge is 2.29. The van der Waals surface area contributed by atoms with E-state index in [1.54, 1.807) is 37.2 Å². The summed E-state index contributed by atoms with van der Waals surface area (Å²) in [5, 5.41) is 5.81. The number of para-hydroxylation sites is 1. The summed E-state index contributed by atoms with van der Waals surface area (Å²) in [6.07, 6.45) is 0. The maximum absolute atomic E-state index is 13.9. The average molecular weight is 285 g/mol. The third-order valence-corrected chi connectivity index (χ3v) is 3.76. The Labute approximate surface area is 122 Å². The van der Waals surface area contributed by atoms with E-state index in [-0.39, 0.29) is 17.8 Å². The van der Waals surface area contributed by atoms with E-state index < -0.39 is 0 Å². The summed E-state index contributed by atoms with van der Waals surface area (Å²) >= 11 is 0. The number of carbonyl (C=O) groups excluding carboxylic acids is 1. The number of hydrogen-bond acceptors (Lipinski definition) is 3. The normalized spacial score (nSPS) is 16.5. The highest BCUT2D eigenvalue weighted by Crippen LogP contribution is 2.35. The van der Waals surface area contributed by atoms with Crippen LogP contribution in [0.2, 0.25) is 0 Å². The first-order valence-electron chi connectivity index (χ1n) is 6.72. The van der Waals surface area contributed by atoms with Gasteiger partial charge in [-0.15, -0.1) is 0 Å². The number of amides is 1. The molecule has 5 heteroatoms. The Hall–Kier alpha value is -2.40. The van der Waals surface area contributed by atoms with Crippen LogP contribution in [-0.2, 0) is 4.79 Å². The number of anilines is 3. The van der Waals surface area contributed by atoms with Crippen molar-refractivity contribution in [2.75, 3.05) is 24.3 Å². The number of likely N-dealkylation sites (N-methyl/N-ethyl adjacent to an activating group) is 1. The molecular formula is C16H16FN3O. The first kappa shape index (κ1) is 13.6. The molecule has 108 valence electrons. The summed E-state index contributed by atoms with van der Waals surface area (Å²) in [5.74, 6) is -0.351. The molecule has 21 heavy (non-hydrogen) atoms. The molecule has 1 aliphatic heterocycles. The zero-order valence-corrected chi connectivity index (χ0v) is 11.9. The van der Waals surface area contributed by atoms with Crippen LogP contribution in [0.5, 0.6) is 0 Å². The lowest BCUT2D eigenvalue weighted by molar-refractivity contribution is -0.117. The second-order valence-corrected chi connectivity index (χ2v) is 4.99. The van der Waals surface area contributed by atoms with Crippen molar-refractivity contribution < 1.29 is 9.18 Å². The molecule has 0 saturated carbocycles. The Morgan fingerprint density at radius 3 is 2.71 bits per heavy atom. The van der Waals surface area contributed by atoms with E-state index in [2.05, 4.69) is 10.6 Å².